The molecule has 1 aliphatic rings. The fourth-order valence-electron chi connectivity index (χ4n) is 3.23. The van der Waals surface area contributed by atoms with Gasteiger partial charge >= 0.3 is 0 Å². The first-order valence-electron chi connectivity index (χ1n) is 9.85. The van der Waals surface area contributed by atoms with E-state index in [1.54, 1.807) is 25.2 Å². The Kier molecular flexibility index (Phi) is 8.58. The third-order valence-electron chi connectivity index (χ3n) is 4.81. The van der Waals surface area contributed by atoms with E-state index in [0.717, 1.165) is 38.4 Å². The number of aromatic hydroxyl groups is 1. The molecule has 1 aliphatic heterocycles. The van der Waals surface area contributed by atoms with E-state index in [-0.39, 0.29) is 23.1 Å². The Balaban J connectivity index is 1.81. The first-order chi connectivity index (χ1) is 13.5. The van der Waals surface area contributed by atoms with Crippen molar-refractivity contribution in [1.29, 1.82) is 0 Å². The number of piperidine rings is 1. The molecule has 0 unspecified atom stereocenters. The van der Waals surface area contributed by atoms with Gasteiger partial charge in [0.05, 0.1) is 12.1 Å². The number of aliphatic imine (C=N–C) groups is 1. The third kappa shape index (κ3) is 6.44. The van der Waals surface area contributed by atoms with Crippen LogP contribution in [-0.4, -0.2) is 67.6 Å². The topological polar surface area (TPSA) is 106 Å². The third-order valence-corrected chi connectivity index (χ3v) is 4.81. The molecule has 0 spiro atoms. The normalized spacial score (nSPS) is 15.2. The van der Waals surface area contributed by atoms with Gasteiger partial charge in [-0.3, -0.25) is 14.6 Å². The Morgan fingerprint density at radius 1 is 1.21 bits per heavy atom. The second-order valence-corrected chi connectivity index (χ2v) is 6.82. The van der Waals surface area contributed by atoms with Crippen molar-refractivity contribution in [2.24, 2.45) is 10.9 Å². The number of nitrogens with one attached hydrogen (secondary N) is 3. The molecule has 1 aromatic rings. The van der Waals surface area contributed by atoms with E-state index in [4.69, 9.17) is 0 Å². The van der Waals surface area contributed by atoms with Crippen LogP contribution in [0.4, 0.5) is 0 Å². The van der Waals surface area contributed by atoms with Gasteiger partial charge in [0, 0.05) is 39.6 Å². The first kappa shape index (κ1) is 21.5. The van der Waals surface area contributed by atoms with Crippen LogP contribution in [0, 0.1) is 5.92 Å². The van der Waals surface area contributed by atoms with Gasteiger partial charge in [-0.15, -0.1) is 0 Å². The van der Waals surface area contributed by atoms with Gasteiger partial charge in [0.25, 0.3) is 5.91 Å². The maximum Gasteiger partial charge on any atom is 0.255 e. The fraction of sp³-hybridized carbons (Fsp3) is 0.550. The number of phenolic OH excluding ortho intramolecular Hbond substituents is 1. The fourth-order valence-corrected chi connectivity index (χ4v) is 3.23. The molecular weight excluding hydrogens is 358 g/mol. The minimum atomic E-state index is -0.312. The number of carbonyl (C=O) groups is 2. The van der Waals surface area contributed by atoms with Gasteiger partial charge in [-0.1, -0.05) is 12.1 Å². The maximum absolute atomic E-state index is 12.1. The molecule has 1 fully saturated rings. The average molecular weight is 390 g/mol. The zero-order valence-corrected chi connectivity index (χ0v) is 16.7. The summed E-state index contributed by atoms with van der Waals surface area (Å²) in [4.78, 5) is 30.5. The molecule has 0 aliphatic carbocycles. The molecule has 2 amide bonds. The predicted octanol–water partition coefficient (Wildman–Crippen LogP) is 0.936. The highest BCUT2D eigenvalue weighted by molar-refractivity contribution is 5.96. The van der Waals surface area contributed by atoms with Crippen LogP contribution in [-0.2, 0) is 4.79 Å². The Hall–Kier alpha value is -2.77. The second-order valence-electron chi connectivity index (χ2n) is 6.82. The van der Waals surface area contributed by atoms with Crippen molar-refractivity contribution in [3.05, 3.63) is 29.8 Å². The van der Waals surface area contributed by atoms with Crippen molar-refractivity contribution in [2.75, 3.05) is 39.8 Å². The molecule has 1 heterocycles. The summed E-state index contributed by atoms with van der Waals surface area (Å²) in [7, 11) is 1.67. The zero-order chi connectivity index (χ0) is 20.4. The Labute approximate surface area is 166 Å². The van der Waals surface area contributed by atoms with E-state index in [1.165, 1.54) is 6.07 Å². The van der Waals surface area contributed by atoms with E-state index in [2.05, 4.69) is 25.8 Å². The molecule has 8 heteroatoms. The number of benzene rings is 1. The van der Waals surface area contributed by atoms with Crippen LogP contribution in [0.25, 0.3) is 0 Å². The van der Waals surface area contributed by atoms with Crippen molar-refractivity contribution in [3.63, 3.8) is 0 Å². The summed E-state index contributed by atoms with van der Waals surface area (Å²) in [6, 6.07) is 6.46. The largest absolute Gasteiger partial charge is 0.507 e. The lowest BCUT2D eigenvalue weighted by atomic mass is 9.93. The number of nitrogens with zero attached hydrogens (tertiary/aromatic N) is 2. The molecule has 0 aromatic heterocycles. The maximum atomic E-state index is 12.1. The molecule has 1 saturated heterocycles. The zero-order valence-electron chi connectivity index (χ0n) is 16.7. The summed E-state index contributed by atoms with van der Waals surface area (Å²) in [5.74, 6) is 0.999. The number of hydrogen-bond donors (Lipinski definition) is 4. The van der Waals surface area contributed by atoms with Crippen LogP contribution >= 0.6 is 0 Å². The summed E-state index contributed by atoms with van der Waals surface area (Å²) in [6.45, 7) is 5.33. The van der Waals surface area contributed by atoms with Crippen LogP contribution in [0.1, 0.15) is 36.5 Å². The molecule has 0 bridgehead atoms. The monoisotopic (exact) mass is 389 g/mol. The molecule has 0 radical (unpaired) electrons. The summed E-state index contributed by atoms with van der Waals surface area (Å²) >= 11 is 0. The number of guanidine groups is 1. The molecule has 28 heavy (non-hydrogen) atoms. The van der Waals surface area contributed by atoms with Gasteiger partial charge in [-0.05, 0) is 37.8 Å². The van der Waals surface area contributed by atoms with Gasteiger partial charge < -0.3 is 26.0 Å². The number of rotatable bonds is 7. The van der Waals surface area contributed by atoms with Crippen molar-refractivity contribution in [1.82, 2.24) is 20.9 Å². The molecule has 0 saturated carbocycles. The molecule has 0 atom stereocenters. The van der Waals surface area contributed by atoms with Gasteiger partial charge in [0.2, 0.25) is 5.91 Å². The number of phenols is 1. The van der Waals surface area contributed by atoms with Crippen LogP contribution in [0.5, 0.6) is 5.75 Å². The average Bonchev–Trinajstić information content (AvgIpc) is 2.71. The molecule has 1 aromatic carbocycles. The molecule has 8 nitrogen and oxygen atoms in total. The lowest BCUT2D eigenvalue weighted by Crippen LogP contribution is -2.46. The summed E-state index contributed by atoms with van der Waals surface area (Å²) in [5.41, 5.74) is 0.261. The van der Waals surface area contributed by atoms with Crippen molar-refractivity contribution in [3.8, 4) is 5.75 Å². The highest BCUT2D eigenvalue weighted by atomic mass is 16.3. The number of likely N-dealkylation sites (tertiary alicyclic amines) is 1. The van der Waals surface area contributed by atoms with Crippen molar-refractivity contribution < 1.29 is 14.7 Å². The van der Waals surface area contributed by atoms with Gasteiger partial charge in [-0.25, -0.2) is 0 Å². The molecule has 4 N–H and O–H groups in total. The van der Waals surface area contributed by atoms with Crippen LogP contribution in [0.2, 0.25) is 0 Å². The minimum absolute atomic E-state index is 0.0311. The smallest absolute Gasteiger partial charge is 0.255 e. The number of para-hydroxylation sites is 1. The SMILES string of the molecule is CCNC(=NCCNC(=O)c1ccccc1O)N1CCC(CC(=O)NC)CC1. The van der Waals surface area contributed by atoms with Crippen molar-refractivity contribution in [2.45, 2.75) is 26.2 Å². The van der Waals surface area contributed by atoms with E-state index < -0.39 is 0 Å². The van der Waals surface area contributed by atoms with Crippen LogP contribution in [0.15, 0.2) is 29.3 Å². The molecule has 154 valence electrons. The van der Waals surface area contributed by atoms with Gasteiger partial charge in [0.15, 0.2) is 5.96 Å². The summed E-state index contributed by atoms with van der Waals surface area (Å²) in [5, 5.41) is 18.5. The predicted molar refractivity (Wildman–Crippen MR) is 109 cm³/mol. The van der Waals surface area contributed by atoms with Gasteiger partial charge in [-0.2, -0.15) is 0 Å². The van der Waals surface area contributed by atoms with Crippen molar-refractivity contribution >= 4 is 17.8 Å². The number of amides is 2. The second kappa shape index (κ2) is 11.2. The highest BCUT2D eigenvalue weighted by Crippen LogP contribution is 2.20. The highest BCUT2D eigenvalue weighted by Gasteiger charge is 2.23. The number of carbonyl (C=O) groups excluding carboxylic acids is 2. The van der Waals surface area contributed by atoms with E-state index in [9.17, 15) is 14.7 Å². The minimum Gasteiger partial charge on any atom is -0.507 e. The molecular formula is C20H31N5O3. The lowest BCUT2D eigenvalue weighted by Gasteiger charge is -2.34. The summed E-state index contributed by atoms with van der Waals surface area (Å²) < 4.78 is 0. The lowest BCUT2D eigenvalue weighted by molar-refractivity contribution is -0.121. The van der Waals surface area contributed by atoms with Crippen LogP contribution in [0.3, 0.4) is 0 Å². The standard InChI is InChI=1S/C20H31N5O3/c1-3-22-20(25-12-8-15(9-13-25)14-18(27)21-2)24-11-10-23-19(28)16-6-4-5-7-17(16)26/h4-7,15,26H,3,8-14H2,1-2H3,(H,21,27)(H,22,24)(H,23,28). The Morgan fingerprint density at radius 2 is 1.93 bits per heavy atom. The number of hydrogen-bond acceptors (Lipinski definition) is 4. The first-order valence-corrected chi connectivity index (χ1v) is 9.85. The van der Waals surface area contributed by atoms with E-state index in [1.807, 2.05) is 6.92 Å². The van der Waals surface area contributed by atoms with Gasteiger partial charge in [0.1, 0.15) is 5.75 Å². The van der Waals surface area contributed by atoms with E-state index in [0.29, 0.717) is 25.4 Å². The Bertz CT molecular complexity index is 684. The van der Waals surface area contributed by atoms with Crippen LogP contribution < -0.4 is 16.0 Å². The van der Waals surface area contributed by atoms with E-state index >= 15 is 0 Å². The quantitative estimate of drug-likeness (QED) is 0.315. The molecule has 2 rings (SSSR count). The Morgan fingerprint density at radius 3 is 2.57 bits per heavy atom. The summed E-state index contributed by atoms with van der Waals surface area (Å²) in [6.07, 6.45) is 2.50.